The lowest BCUT2D eigenvalue weighted by atomic mass is 10.0. The van der Waals surface area contributed by atoms with Gasteiger partial charge in [0.1, 0.15) is 30.5 Å². The van der Waals surface area contributed by atoms with Crippen molar-refractivity contribution in [2.75, 3.05) is 26.9 Å². The van der Waals surface area contributed by atoms with Crippen molar-refractivity contribution >= 4 is 17.6 Å². The van der Waals surface area contributed by atoms with Gasteiger partial charge >= 0.3 is 5.97 Å². The Labute approximate surface area is 182 Å². The lowest BCUT2D eigenvalue weighted by Crippen LogP contribution is -2.13. The molecule has 3 rings (SSSR count). The van der Waals surface area contributed by atoms with Crippen molar-refractivity contribution in [3.8, 4) is 17.2 Å². The molecule has 5 nitrogen and oxygen atoms in total. The standard InChI is InChI=1S/C26H26O5/c1-3-29-22-13-15-23(16-14-22)30-17-18-31-26(27)24(20-9-5-4-6-10-20)19-21-11-7-8-12-25(21)28-2/h4-16,19H,3,17-18H2,1-2H3/b24-19+. The molecule has 0 aliphatic carbocycles. The summed E-state index contributed by atoms with van der Waals surface area (Å²) >= 11 is 0. The highest BCUT2D eigenvalue weighted by atomic mass is 16.6. The van der Waals surface area contributed by atoms with E-state index in [1.807, 2.05) is 85.8 Å². The second-order valence-corrected chi connectivity index (χ2v) is 6.55. The van der Waals surface area contributed by atoms with Gasteiger partial charge in [-0.3, -0.25) is 0 Å². The van der Waals surface area contributed by atoms with E-state index in [9.17, 15) is 4.79 Å². The van der Waals surface area contributed by atoms with Crippen LogP contribution in [0.1, 0.15) is 18.1 Å². The normalized spacial score (nSPS) is 11.0. The maximum Gasteiger partial charge on any atom is 0.338 e. The fraction of sp³-hybridized carbons (Fsp3) is 0.192. The average Bonchev–Trinajstić information content (AvgIpc) is 2.82. The van der Waals surface area contributed by atoms with Gasteiger partial charge in [-0.05, 0) is 48.9 Å². The highest BCUT2D eigenvalue weighted by molar-refractivity contribution is 6.21. The molecule has 31 heavy (non-hydrogen) atoms. The SMILES string of the molecule is CCOc1ccc(OCCOC(=O)/C(=C/c2ccccc2OC)c2ccccc2)cc1. The minimum absolute atomic E-state index is 0.127. The predicted molar refractivity (Wildman–Crippen MR) is 121 cm³/mol. The van der Waals surface area contributed by atoms with E-state index in [0.29, 0.717) is 23.7 Å². The second kappa shape index (κ2) is 11.5. The van der Waals surface area contributed by atoms with Gasteiger partial charge in [0, 0.05) is 5.56 Å². The van der Waals surface area contributed by atoms with Crippen molar-refractivity contribution in [1.82, 2.24) is 0 Å². The molecule has 0 unspecified atom stereocenters. The number of hydrogen-bond acceptors (Lipinski definition) is 5. The van der Waals surface area contributed by atoms with Gasteiger partial charge in [-0.1, -0.05) is 48.5 Å². The van der Waals surface area contributed by atoms with Gasteiger partial charge < -0.3 is 18.9 Å². The number of carbonyl (C=O) groups is 1. The first-order valence-corrected chi connectivity index (χ1v) is 10.1. The smallest absolute Gasteiger partial charge is 0.338 e. The zero-order valence-corrected chi connectivity index (χ0v) is 17.7. The molecule has 0 atom stereocenters. The summed E-state index contributed by atoms with van der Waals surface area (Å²) in [6, 6.07) is 24.3. The van der Waals surface area contributed by atoms with Crippen molar-refractivity contribution in [1.29, 1.82) is 0 Å². The van der Waals surface area contributed by atoms with E-state index in [4.69, 9.17) is 18.9 Å². The molecule has 0 spiro atoms. The van der Waals surface area contributed by atoms with Crippen LogP contribution in [0.5, 0.6) is 17.2 Å². The average molecular weight is 418 g/mol. The highest BCUT2D eigenvalue weighted by Gasteiger charge is 2.15. The maximum absolute atomic E-state index is 12.9. The van der Waals surface area contributed by atoms with Crippen LogP contribution in [0.25, 0.3) is 11.6 Å². The molecule has 0 amide bonds. The van der Waals surface area contributed by atoms with E-state index < -0.39 is 5.97 Å². The summed E-state index contributed by atoms with van der Waals surface area (Å²) < 4.78 is 22.0. The van der Waals surface area contributed by atoms with Gasteiger partial charge in [0.05, 0.1) is 19.3 Å². The molecule has 0 radical (unpaired) electrons. The zero-order valence-electron chi connectivity index (χ0n) is 17.7. The van der Waals surface area contributed by atoms with Crippen LogP contribution in [0, 0.1) is 0 Å². The molecule has 0 saturated heterocycles. The van der Waals surface area contributed by atoms with Gasteiger partial charge in [0.25, 0.3) is 0 Å². The number of ether oxygens (including phenoxy) is 4. The molecule has 0 aliphatic rings. The third kappa shape index (κ3) is 6.37. The summed E-state index contributed by atoms with van der Waals surface area (Å²) in [4.78, 5) is 12.9. The Kier molecular flexibility index (Phi) is 8.12. The molecule has 160 valence electrons. The van der Waals surface area contributed by atoms with Crippen LogP contribution in [0.15, 0.2) is 78.9 Å². The summed E-state index contributed by atoms with van der Waals surface area (Å²) in [7, 11) is 1.60. The molecular formula is C26H26O5. The first-order valence-electron chi connectivity index (χ1n) is 10.1. The van der Waals surface area contributed by atoms with Gasteiger partial charge in [-0.2, -0.15) is 0 Å². The molecule has 0 N–H and O–H groups in total. The van der Waals surface area contributed by atoms with Gasteiger partial charge in [0.15, 0.2) is 0 Å². The fourth-order valence-corrected chi connectivity index (χ4v) is 2.99. The molecule has 0 fully saturated rings. The Balaban J connectivity index is 1.66. The molecule has 0 aliphatic heterocycles. The molecular weight excluding hydrogens is 392 g/mol. The Bertz CT molecular complexity index is 994. The summed E-state index contributed by atoms with van der Waals surface area (Å²) in [5, 5.41) is 0. The number of hydrogen-bond donors (Lipinski definition) is 0. The maximum atomic E-state index is 12.9. The lowest BCUT2D eigenvalue weighted by molar-refractivity contribution is -0.137. The largest absolute Gasteiger partial charge is 0.496 e. The lowest BCUT2D eigenvalue weighted by Gasteiger charge is -2.11. The summed E-state index contributed by atoms with van der Waals surface area (Å²) in [5.74, 6) is 1.73. The number of carbonyl (C=O) groups excluding carboxylic acids is 1. The molecule has 0 saturated carbocycles. The topological polar surface area (TPSA) is 54.0 Å². The van der Waals surface area contributed by atoms with E-state index >= 15 is 0 Å². The number of methoxy groups -OCH3 is 1. The van der Waals surface area contributed by atoms with E-state index in [0.717, 1.165) is 16.9 Å². The minimum atomic E-state index is -0.424. The third-order valence-electron chi connectivity index (χ3n) is 4.46. The first kappa shape index (κ1) is 22.0. The van der Waals surface area contributed by atoms with Crippen molar-refractivity contribution in [2.45, 2.75) is 6.92 Å². The molecule has 0 aromatic heterocycles. The minimum Gasteiger partial charge on any atom is -0.496 e. The highest BCUT2D eigenvalue weighted by Crippen LogP contribution is 2.25. The van der Waals surface area contributed by atoms with Gasteiger partial charge in [0.2, 0.25) is 0 Å². The van der Waals surface area contributed by atoms with E-state index in [-0.39, 0.29) is 13.2 Å². The number of esters is 1. The number of benzene rings is 3. The number of rotatable bonds is 10. The third-order valence-corrected chi connectivity index (χ3v) is 4.46. The van der Waals surface area contributed by atoms with E-state index in [1.54, 1.807) is 13.2 Å². The molecule has 3 aromatic carbocycles. The Morgan fingerprint density at radius 1 is 0.806 bits per heavy atom. The molecule has 0 heterocycles. The second-order valence-electron chi connectivity index (χ2n) is 6.55. The van der Waals surface area contributed by atoms with Crippen LogP contribution in [0.4, 0.5) is 0 Å². The van der Waals surface area contributed by atoms with Gasteiger partial charge in [-0.25, -0.2) is 4.79 Å². The Hall–Kier alpha value is -3.73. The zero-order chi connectivity index (χ0) is 21.9. The van der Waals surface area contributed by atoms with Gasteiger partial charge in [-0.15, -0.1) is 0 Å². The quantitative estimate of drug-likeness (QED) is 0.195. The summed E-state index contributed by atoms with van der Waals surface area (Å²) in [5.41, 5.74) is 2.02. The molecule has 3 aromatic rings. The molecule has 0 bridgehead atoms. The number of para-hydroxylation sites is 1. The summed E-state index contributed by atoms with van der Waals surface area (Å²) in [6.45, 7) is 2.92. The van der Waals surface area contributed by atoms with Crippen LogP contribution < -0.4 is 14.2 Å². The van der Waals surface area contributed by atoms with Crippen LogP contribution in [0.2, 0.25) is 0 Å². The van der Waals surface area contributed by atoms with Crippen LogP contribution in [0.3, 0.4) is 0 Å². The van der Waals surface area contributed by atoms with Crippen molar-refractivity contribution < 1.29 is 23.7 Å². The fourth-order valence-electron chi connectivity index (χ4n) is 2.99. The van der Waals surface area contributed by atoms with Crippen LogP contribution >= 0.6 is 0 Å². The van der Waals surface area contributed by atoms with Crippen molar-refractivity contribution in [2.24, 2.45) is 0 Å². The van der Waals surface area contributed by atoms with E-state index in [1.165, 1.54) is 0 Å². The Morgan fingerprint density at radius 2 is 1.45 bits per heavy atom. The van der Waals surface area contributed by atoms with Crippen LogP contribution in [-0.4, -0.2) is 32.9 Å². The van der Waals surface area contributed by atoms with Crippen LogP contribution in [-0.2, 0) is 9.53 Å². The monoisotopic (exact) mass is 418 g/mol. The van der Waals surface area contributed by atoms with E-state index in [2.05, 4.69) is 0 Å². The summed E-state index contributed by atoms with van der Waals surface area (Å²) in [6.07, 6.45) is 1.78. The predicted octanol–water partition coefficient (Wildman–Crippen LogP) is 5.26. The van der Waals surface area contributed by atoms with Crippen molar-refractivity contribution in [3.63, 3.8) is 0 Å². The molecule has 5 heteroatoms. The first-order chi connectivity index (χ1) is 15.2. The van der Waals surface area contributed by atoms with Crippen molar-refractivity contribution in [3.05, 3.63) is 90.0 Å². The Morgan fingerprint density at radius 3 is 2.13 bits per heavy atom.